The van der Waals surface area contributed by atoms with E-state index in [1.54, 1.807) is 4.57 Å². The highest BCUT2D eigenvalue weighted by atomic mass is 35.5. The molecule has 2 aromatic heterocycles. The Morgan fingerprint density at radius 2 is 2.20 bits per heavy atom. The van der Waals surface area contributed by atoms with Crippen LogP contribution in [0.3, 0.4) is 0 Å². The summed E-state index contributed by atoms with van der Waals surface area (Å²) in [6, 6.07) is 0. The lowest BCUT2D eigenvalue weighted by Gasteiger charge is -2.07. The first-order chi connectivity index (χ1) is 9.67. The molecule has 0 unspecified atom stereocenters. The van der Waals surface area contributed by atoms with Crippen LogP contribution in [0.25, 0.3) is 11.2 Å². The van der Waals surface area contributed by atoms with Crippen molar-refractivity contribution in [2.45, 2.75) is 18.9 Å². The van der Waals surface area contributed by atoms with Crippen molar-refractivity contribution >= 4 is 22.8 Å². The summed E-state index contributed by atoms with van der Waals surface area (Å²) in [5.74, 6) is 1.06. The largest absolute Gasteiger partial charge is 0.479 e. The molecule has 2 rings (SSSR count). The number of methoxy groups -OCH3 is 1. The van der Waals surface area contributed by atoms with E-state index in [1.165, 1.54) is 13.4 Å². The molecule has 0 N–H and O–H groups in total. The van der Waals surface area contributed by atoms with Gasteiger partial charge in [0, 0.05) is 6.54 Å². The number of imidazole rings is 1. The molecule has 0 aliphatic rings. The van der Waals surface area contributed by atoms with Crippen LogP contribution >= 0.6 is 11.6 Å². The minimum Gasteiger partial charge on any atom is -0.479 e. The lowest BCUT2D eigenvalue weighted by molar-refractivity contribution is 0.0148. The van der Waals surface area contributed by atoms with Gasteiger partial charge in [-0.2, -0.15) is 4.98 Å². The van der Waals surface area contributed by atoms with Crippen LogP contribution in [0.5, 0.6) is 5.88 Å². The second-order valence-corrected chi connectivity index (χ2v) is 4.10. The van der Waals surface area contributed by atoms with Gasteiger partial charge in [0.15, 0.2) is 11.2 Å². The fraction of sp³-hybridized carbons (Fsp3) is 0.545. The van der Waals surface area contributed by atoms with E-state index in [-0.39, 0.29) is 12.5 Å². The minimum absolute atomic E-state index is 0.117. The minimum atomic E-state index is -2.48. The SMILES string of the molecule is COc1ncnc2c1nc(CCl)n2CCOCC(F)F. The Labute approximate surface area is 118 Å². The molecule has 0 bridgehead atoms. The topological polar surface area (TPSA) is 62.1 Å². The van der Waals surface area contributed by atoms with Gasteiger partial charge >= 0.3 is 0 Å². The second kappa shape index (κ2) is 6.76. The molecule has 6 nitrogen and oxygen atoms in total. The molecule has 0 radical (unpaired) electrons. The highest BCUT2D eigenvalue weighted by molar-refractivity contribution is 6.16. The maximum Gasteiger partial charge on any atom is 0.261 e. The second-order valence-electron chi connectivity index (χ2n) is 3.83. The fourth-order valence-electron chi connectivity index (χ4n) is 1.78. The van der Waals surface area contributed by atoms with Crippen molar-refractivity contribution in [1.82, 2.24) is 19.5 Å². The van der Waals surface area contributed by atoms with Crippen LogP contribution < -0.4 is 4.74 Å². The van der Waals surface area contributed by atoms with E-state index in [4.69, 9.17) is 21.1 Å². The predicted molar refractivity (Wildman–Crippen MR) is 68.3 cm³/mol. The highest BCUT2D eigenvalue weighted by Crippen LogP contribution is 2.22. The summed E-state index contributed by atoms with van der Waals surface area (Å²) >= 11 is 5.83. The fourth-order valence-corrected chi connectivity index (χ4v) is 1.98. The first kappa shape index (κ1) is 14.9. The summed E-state index contributed by atoms with van der Waals surface area (Å²) in [5.41, 5.74) is 1.02. The lowest BCUT2D eigenvalue weighted by Crippen LogP contribution is -2.12. The van der Waals surface area contributed by atoms with Crippen molar-refractivity contribution in [1.29, 1.82) is 0 Å². The lowest BCUT2D eigenvalue weighted by atomic mass is 10.5. The number of hydrogen-bond acceptors (Lipinski definition) is 5. The normalized spacial score (nSPS) is 11.4. The van der Waals surface area contributed by atoms with Crippen molar-refractivity contribution in [3.8, 4) is 5.88 Å². The molecule has 0 saturated carbocycles. The van der Waals surface area contributed by atoms with E-state index in [0.29, 0.717) is 29.4 Å². The number of alkyl halides is 3. The van der Waals surface area contributed by atoms with Crippen LogP contribution in [0.4, 0.5) is 8.78 Å². The standard InChI is InChI=1S/C11H13ClF2N4O2/c1-19-11-9-10(15-6-16-11)18(8(4-12)17-9)2-3-20-5-7(13)14/h6-7H,2-5H2,1H3. The van der Waals surface area contributed by atoms with Gasteiger partial charge in [0.2, 0.25) is 5.88 Å². The molecule has 0 aliphatic heterocycles. The van der Waals surface area contributed by atoms with Crippen molar-refractivity contribution < 1.29 is 18.3 Å². The van der Waals surface area contributed by atoms with Gasteiger partial charge in [0.25, 0.3) is 6.43 Å². The van der Waals surface area contributed by atoms with Gasteiger partial charge in [-0.15, -0.1) is 11.6 Å². The van der Waals surface area contributed by atoms with Crippen LogP contribution in [0, 0.1) is 0 Å². The average molecular weight is 307 g/mol. The molecule has 0 fully saturated rings. The Kier molecular flexibility index (Phi) is 5.02. The van der Waals surface area contributed by atoms with Crippen molar-refractivity contribution in [3.63, 3.8) is 0 Å². The van der Waals surface area contributed by atoms with E-state index in [1.807, 2.05) is 0 Å². The average Bonchev–Trinajstić information content (AvgIpc) is 2.81. The third-order valence-corrected chi connectivity index (χ3v) is 2.83. The van der Waals surface area contributed by atoms with E-state index < -0.39 is 13.0 Å². The number of rotatable bonds is 7. The van der Waals surface area contributed by atoms with Crippen molar-refractivity contribution in [2.75, 3.05) is 20.3 Å². The molecule has 9 heteroatoms. The summed E-state index contributed by atoms with van der Waals surface area (Å²) in [7, 11) is 1.48. The summed E-state index contributed by atoms with van der Waals surface area (Å²) in [6.45, 7) is -0.154. The number of aromatic nitrogens is 4. The zero-order valence-electron chi connectivity index (χ0n) is 10.7. The van der Waals surface area contributed by atoms with Gasteiger partial charge in [-0.05, 0) is 0 Å². The number of fused-ring (bicyclic) bond motifs is 1. The molecule has 2 heterocycles. The molecule has 20 heavy (non-hydrogen) atoms. The molecule has 0 amide bonds. The highest BCUT2D eigenvalue weighted by Gasteiger charge is 2.15. The smallest absolute Gasteiger partial charge is 0.261 e. The zero-order valence-corrected chi connectivity index (χ0v) is 11.5. The van der Waals surface area contributed by atoms with Gasteiger partial charge < -0.3 is 14.0 Å². The maximum absolute atomic E-state index is 12.0. The summed E-state index contributed by atoms with van der Waals surface area (Å²) < 4.78 is 35.7. The van der Waals surface area contributed by atoms with E-state index >= 15 is 0 Å². The predicted octanol–water partition coefficient (Wildman–Crippen LogP) is 1.86. The Morgan fingerprint density at radius 3 is 2.85 bits per heavy atom. The van der Waals surface area contributed by atoms with Crippen LogP contribution in [-0.4, -0.2) is 46.3 Å². The van der Waals surface area contributed by atoms with Crippen LogP contribution in [0.15, 0.2) is 6.33 Å². The van der Waals surface area contributed by atoms with Gasteiger partial charge in [-0.1, -0.05) is 0 Å². The maximum atomic E-state index is 12.0. The van der Waals surface area contributed by atoms with Gasteiger partial charge in [0.1, 0.15) is 18.8 Å². The Morgan fingerprint density at radius 1 is 1.40 bits per heavy atom. The molecule has 0 spiro atoms. The molecule has 0 aliphatic carbocycles. The monoisotopic (exact) mass is 306 g/mol. The van der Waals surface area contributed by atoms with Crippen molar-refractivity contribution in [2.24, 2.45) is 0 Å². The molecule has 110 valence electrons. The molecular weight excluding hydrogens is 294 g/mol. The molecule has 2 aromatic rings. The summed E-state index contributed by atoms with van der Waals surface area (Å²) in [5, 5.41) is 0. The molecule has 0 aromatic carbocycles. The molecule has 0 saturated heterocycles. The van der Waals surface area contributed by atoms with E-state index in [2.05, 4.69) is 15.0 Å². The van der Waals surface area contributed by atoms with E-state index in [0.717, 1.165) is 0 Å². The van der Waals surface area contributed by atoms with Crippen LogP contribution in [0.1, 0.15) is 5.82 Å². The van der Waals surface area contributed by atoms with E-state index in [9.17, 15) is 8.78 Å². The first-order valence-corrected chi connectivity index (χ1v) is 6.36. The number of nitrogens with zero attached hydrogens (tertiary/aromatic N) is 4. The summed E-state index contributed by atoms with van der Waals surface area (Å²) in [4.78, 5) is 12.4. The Hall–Kier alpha value is -1.54. The number of halogens is 3. The quantitative estimate of drug-likeness (QED) is 0.577. The Balaban J connectivity index is 2.22. The van der Waals surface area contributed by atoms with Crippen LogP contribution in [-0.2, 0) is 17.2 Å². The van der Waals surface area contributed by atoms with Crippen LogP contribution in [0.2, 0.25) is 0 Å². The number of hydrogen-bond donors (Lipinski definition) is 0. The third kappa shape index (κ3) is 3.13. The van der Waals surface area contributed by atoms with Gasteiger partial charge in [-0.25, -0.2) is 18.7 Å². The first-order valence-electron chi connectivity index (χ1n) is 5.83. The van der Waals surface area contributed by atoms with Gasteiger partial charge in [-0.3, -0.25) is 0 Å². The Bertz CT molecular complexity index is 579. The van der Waals surface area contributed by atoms with Gasteiger partial charge in [0.05, 0.1) is 19.6 Å². The molecule has 0 atom stereocenters. The third-order valence-electron chi connectivity index (χ3n) is 2.59. The summed E-state index contributed by atoms with van der Waals surface area (Å²) in [6.07, 6.45) is -1.14. The zero-order chi connectivity index (χ0) is 14.5. The number of ether oxygens (including phenoxy) is 2. The van der Waals surface area contributed by atoms with Crippen molar-refractivity contribution in [3.05, 3.63) is 12.2 Å². The molecular formula is C11H13ClF2N4O2.